The first-order chi connectivity index (χ1) is 20.2. The number of rotatable bonds is 12. The van der Waals surface area contributed by atoms with Crippen molar-refractivity contribution >= 4 is 41.6 Å². The van der Waals surface area contributed by atoms with Crippen LogP contribution >= 0.6 is 11.6 Å². The van der Waals surface area contributed by atoms with Gasteiger partial charge in [0.05, 0.1) is 23.4 Å². The van der Waals surface area contributed by atoms with Crippen LogP contribution in [0.2, 0.25) is 5.02 Å². The first-order valence-electron chi connectivity index (χ1n) is 14.1. The number of nitrogens with two attached hydrogens (primary N) is 1. The third kappa shape index (κ3) is 6.94. The number of benzene rings is 3. The first-order valence-corrected chi connectivity index (χ1v) is 14.5. The van der Waals surface area contributed by atoms with Crippen LogP contribution in [0.25, 0.3) is 6.08 Å². The quantitative estimate of drug-likeness (QED) is 0.154. The molecule has 3 N–H and O–H groups in total. The molecule has 7 nitrogen and oxygen atoms in total. The lowest BCUT2D eigenvalue weighted by Crippen LogP contribution is -2.65. The summed E-state index contributed by atoms with van der Waals surface area (Å²) in [6, 6.07) is 16.5. The lowest BCUT2D eigenvalue weighted by atomic mass is 9.61. The molecule has 42 heavy (non-hydrogen) atoms. The number of likely N-dealkylation sites (tertiary alicyclic amines) is 1. The standard InChI is InChI=1S/C33H37ClFN5O2/c1-39(2)12-10-26-27(20-41)28(34)8-9-32(26)42-25-16-33(17-25)21-40(22-33)13-11-38-31-15-30(36)24(14-29(31)35)19-37-18-23-6-4-3-5-7-23/h3-10,12,14-15,19-20,25,38H,11,13,16-18,21-22,36H2,1-2H3/b12-10-,37-19?. The molecule has 0 aromatic heterocycles. The Labute approximate surface area is 251 Å². The van der Waals surface area contributed by atoms with Gasteiger partial charge >= 0.3 is 0 Å². The van der Waals surface area contributed by atoms with Crippen LogP contribution in [0.4, 0.5) is 15.8 Å². The van der Waals surface area contributed by atoms with Gasteiger partial charge in [0.15, 0.2) is 6.29 Å². The first kappa shape index (κ1) is 29.6. The smallest absolute Gasteiger partial charge is 0.152 e. The molecule has 1 aliphatic heterocycles. The number of anilines is 2. The van der Waals surface area contributed by atoms with E-state index in [-0.39, 0.29) is 17.3 Å². The summed E-state index contributed by atoms with van der Waals surface area (Å²) in [4.78, 5) is 20.4. The van der Waals surface area contributed by atoms with Gasteiger partial charge in [-0.05, 0) is 54.9 Å². The maximum Gasteiger partial charge on any atom is 0.152 e. The minimum atomic E-state index is -0.343. The van der Waals surface area contributed by atoms with Crippen molar-refractivity contribution in [2.75, 3.05) is 51.3 Å². The Balaban J connectivity index is 1.07. The molecule has 2 fully saturated rings. The number of aldehydes is 1. The van der Waals surface area contributed by atoms with Gasteiger partial charge in [-0.15, -0.1) is 0 Å². The molecule has 3 aromatic rings. The van der Waals surface area contributed by atoms with Crippen molar-refractivity contribution in [3.63, 3.8) is 0 Å². The van der Waals surface area contributed by atoms with Crippen LogP contribution in [0.15, 0.2) is 65.8 Å². The number of nitrogen functional groups attached to an aromatic ring is 1. The highest BCUT2D eigenvalue weighted by Gasteiger charge is 2.53. The molecule has 3 aromatic carbocycles. The number of halogens is 2. The number of ether oxygens (including phenoxy) is 1. The average Bonchev–Trinajstić information content (AvgIpc) is 2.92. The Hall–Kier alpha value is -3.88. The molecular formula is C33H37ClFN5O2. The number of hydrogen-bond acceptors (Lipinski definition) is 7. The summed E-state index contributed by atoms with van der Waals surface area (Å²) in [5, 5.41) is 3.61. The molecule has 9 heteroatoms. The molecule has 5 rings (SSSR count). The fourth-order valence-electron chi connectivity index (χ4n) is 5.73. The highest BCUT2D eigenvalue weighted by atomic mass is 35.5. The molecule has 1 spiro atoms. The second-order valence-electron chi connectivity index (χ2n) is 11.5. The average molecular weight is 590 g/mol. The molecule has 0 atom stereocenters. The zero-order chi connectivity index (χ0) is 29.7. The minimum absolute atomic E-state index is 0.101. The number of carbonyl (C=O) groups excluding carboxylic acids is 1. The maximum absolute atomic E-state index is 14.8. The monoisotopic (exact) mass is 589 g/mol. The predicted octanol–water partition coefficient (Wildman–Crippen LogP) is 5.98. The summed E-state index contributed by atoms with van der Waals surface area (Å²) >= 11 is 6.26. The van der Waals surface area contributed by atoms with E-state index in [4.69, 9.17) is 22.1 Å². The Morgan fingerprint density at radius 1 is 1.17 bits per heavy atom. The van der Waals surface area contributed by atoms with Gasteiger partial charge < -0.3 is 25.6 Å². The largest absolute Gasteiger partial charge is 0.490 e. The zero-order valence-corrected chi connectivity index (χ0v) is 24.8. The van der Waals surface area contributed by atoms with Crippen LogP contribution in [0, 0.1) is 11.2 Å². The van der Waals surface area contributed by atoms with Crippen LogP contribution in [0.3, 0.4) is 0 Å². The van der Waals surface area contributed by atoms with Crippen molar-refractivity contribution in [3.8, 4) is 5.75 Å². The van der Waals surface area contributed by atoms with Gasteiger partial charge in [-0.25, -0.2) is 4.39 Å². The summed E-state index contributed by atoms with van der Waals surface area (Å²) in [6.07, 6.45) is 8.17. The van der Waals surface area contributed by atoms with Crippen molar-refractivity contribution in [2.24, 2.45) is 10.4 Å². The number of carbonyl (C=O) groups is 1. The second-order valence-corrected chi connectivity index (χ2v) is 11.9. The molecule has 0 bridgehead atoms. The SMILES string of the molecule is CN(C)/C=C\c1c(OC2CC3(C2)CN(CCNc2cc(N)c(C=NCc4ccccc4)cc2F)C3)ccc(Cl)c1C=O. The van der Waals surface area contributed by atoms with E-state index in [9.17, 15) is 9.18 Å². The lowest BCUT2D eigenvalue weighted by molar-refractivity contribution is -0.117. The Kier molecular flexibility index (Phi) is 9.14. The second kappa shape index (κ2) is 13.0. The summed E-state index contributed by atoms with van der Waals surface area (Å²) < 4.78 is 21.1. The molecule has 0 unspecified atom stereocenters. The molecule has 220 valence electrons. The van der Waals surface area contributed by atoms with Crippen LogP contribution in [0.5, 0.6) is 5.75 Å². The third-order valence-corrected chi connectivity index (χ3v) is 8.18. The van der Waals surface area contributed by atoms with E-state index >= 15 is 0 Å². The van der Waals surface area contributed by atoms with E-state index < -0.39 is 0 Å². The zero-order valence-electron chi connectivity index (χ0n) is 24.0. The van der Waals surface area contributed by atoms with E-state index in [1.165, 1.54) is 6.07 Å². The van der Waals surface area contributed by atoms with E-state index in [1.807, 2.05) is 67.7 Å². The fraction of sp³-hybridized carbons (Fsp3) is 0.333. The van der Waals surface area contributed by atoms with Crippen molar-refractivity contribution in [1.29, 1.82) is 0 Å². The molecule has 0 radical (unpaired) electrons. The lowest BCUT2D eigenvalue weighted by Gasteiger charge is -2.58. The Morgan fingerprint density at radius 3 is 2.64 bits per heavy atom. The van der Waals surface area contributed by atoms with Crippen molar-refractivity contribution in [1.82, 2.24) is 9.80 Å². The van der Waals surface area contributed by atoms with Gasteiger partial charge in [0.25, 0.3) is 0 Å². The van der Waals surface area contributed by atoms with Crippen molar-refractivity contribution in [2.45, 2.75) is 25.5 Å². The van der Waals surface area contributed by atoms with Crippen LogP contribution in [-0.2, 0) is 6.54 Å². The molecule has 0 amide bonds. The predicted molar refractivity (Wildman–Crippen MR) is 169 cm³/mol. The third-order valence-electron chi connectivity index (χ3n) is 7.85. The number of aliphatic imine (C=N–C) groups is 1. The number of nitrogens with one attached hydrogen (secondary N) is 1. The van der Waals surface area contributed by atoms with E-state index in [0.717, 1.165) is 44.3 Å². The highest BCUT2D eigenvalue weighted by molar-refractivity contribution is 6.33. The summed E-state index contributed by atoms with van der Waals surface area (Å²) in [5.74, 6) is 0.332. The summed E-state index contributed by atoms with van der Waals surface area (Å²) in [7, 11) is 3.84. The van der Waals surface area contributed by atoms with Crippen LogP contribution in [0.1, 0.15) is 39.9 Å². The Morgan fingerprint density at radius 2 is 1.93 bits per heavy atom. The highest BCUT2D eigenvalue weighted by Crippen LogP contribution is 2.50. The number of nitrogens with zero attached hydrogens (tertiary/aromatic N) is 3. The topological polar surface area (TPSA) is 83.2 Å². The van der Waals surface area contributed by atoms with Gasteiger partial charge in [-0.3, -0.25) is 9.79 Å². The van der Waals surface area contributed by atoms with E-state index in [2.05, 4.69) is 15.2 Å². The van der Waals surface area contributed by atoms with Gasteiger partial charge in [0.1, 0.15) is 11.6 Å². The normalized spacial score (nSPS) is 16.5. The number of hydrogen-bond donors (Lipinski definition) is 2. The van der Waals surface area contributed by atoms with Crippen molar-refractivity contribution < 1.29 is 13.9 Å². The van der Waals surface area contributed by atoms with Gasteiger partial charge in [-0.2, -0.15) is 0 Å². The van der Waals surface area contributed by atoms with Crippen molar-refractivity contribution in [3.05, 3.63) is 93.9 Å². The molecule has 1 heterocycles. The van der Waals surface area contributed by atoms with Gasteiger partial charge in [-0.1, -0.05) is 41.9 Å². The van der Waals surface area contributed by atoms with E-state index in [1.54, 1.807) is 18.3 Å². The fourth-order valence-corrected chi connectivity index (χ4v) is 5.94. The van der Waals surface area contributed by atoms with Crippen LogP contribution < -0.4 is 15.8 Å². The molecular weight excluding hydrogens is 553 g/mol. The van der Waals surface area contributed by atoms with E-state index in [0.29, 0.717) is 51.9 Å². The molecule has 1 saturated heterocycles. The molecule has 1 aliphatic carbocycles. The van der Waals surface area contributed by atoms with Gasteiger partial charge in [0, 0.05) is 74.3 Å². The van der Waals surface area contributed by atoms with Gasteiger partial charge in [0.2, 0.25) is 0 Å². The molecule has 2 aliphatic rings. The van der Waals surface area contributed by atoms with Crippen LogP contribution in [-0.4, -0.2) is 68.7 Å². The summed E-state index contributed by atoms with van der Waals surface area (Å²) in [6.45, 7) is 3.93. The Bertz CT molecular complexity index is 1460. The molecule has 1 saturated carbocycles. The summed E-state index contributed by atoms with van der Waals surface area (Å²) in [5.41, 5.74) is 10.1. The maximum atomic E-state index is 14.8. The minimum Gasteiger partial charge on any atom is -0.490 e.